The van der Waals surface area contributed by atoms with Crippen molar-refractivity contribution in [1.82, 2.24) is 19.3 Å². The molecule has 0 aliphatic heterocycles. The number of fused-ring (bicyclic) bond motifs is 1. The van der Waals surface area contributed by atoms with Crippen LogP contribution in [0.5, 0.6) is 0 Å². The summed E-state index contributed by atoms with van der Waals surface area (Å²) >= 11 is 6.12. The van der Waals surface area contributed by atoms with E-state index in [-0.39, 0.29) is 12.3 Å². The molecule has 0 radical (unpaired) electrons. The summed E-state index contributed by atoms with van der Waals surface area (Å²) < 4.78 is 13.6. The third-order valence-electron chi connectivity index (χ3n) is 3.53. The number of aldehydes is 1. The van der Waals surface area contributed by atoms with E-state index >= 15 is 0 Å². The van der Waals surface area contributed by atoms with Gasteiger partial charge in [-0.25, -0.2) is 14.5 Å². The minimum Gasteiger partial charge on any atom is -0.478 e. The van der Waals surface area contributed by atoms with Gasteiger partial charge in [-0.2, -0.15) is 5.10 Å². The lowest BCUT2D eigenvalue weighted by atomic mass is 10.3. The van der Waals surface area contributed by atoms with Crippen molar-refractivity contribution >= 4 is 40.6 Å². The van der Waals surface area contributed by atoms with Crippen LogP contribution in [0.4, 0.5) is 5.69 Å². The first-order valence-electron chi connectivity index (χ1n) is 8.13. The van der Waals surface area contributed by atoms with Gasteiger partial charge in [0, 0.05) is 13.3 Å². The zero-order valence-corrected chi connectivity index (χ0v) is 16.1. The Balaban J connectivity index is 0.000000878. The molecule has 0 amide bonds. The Morgan fingerprint density at radius 3 is 2.71 bits per heavy atom. The Labute approximate surface area is 165 Å². The molecule has 2 heterocycles. The smallest absolute Gasteiger partial charge is 0.338 e. The fourth-order valence-electron chi connectivity index (χ4n) is 2.29. The van der Waals surface area contributed by atoms with Crippen molar-refractivity contribution in [2.75, 3.05) is 26.1 Å². The van der Waals surface area contributed by atoms with E-state index in [1.807, 2.05) is 0 Å². The number of carboxylic acid groups (broad SMARTS) is 1. The van der Waals surface area contributed by atoms with Gasteiger partial charge in [-0.1, -0.05) is 11.6 Å². The largest absolute Gasteiger partial charge is 0.478 e. The number of methoxy groups -OCH3 is 1. The molecule has 3 rings (SSSR count). The van der Waals surface area contributed by atoms with Crippen LogP contribution in [0.3, 0.4) is 0 Å². The number of anilines is 1. The summed E-state index contributed by atoms with van der Waals surface area (Å²) in [7, 11) is 1.58. The number of carboxylic acids is 1. The first kappa shape index (κ1) is 21.4. The highest BCUT2D eigenvalue weighted by Crippen LogP contribution is 2.27. The third kappa shape index (κ3) is 4.85. The number of hydrogen-bond donors (Lipinski definition) is 2. The van der Waals surface area contributed by atoms with Gasteiger partial charge in [-0.05, 0) is 19.1 Å². The number of nitrogens with two attached hydrogens (primary N) is 1. The average Bonchev–Trinajstić information content (AvgIpc) is 3.25. The highest BCUT2D eigenvalue weighted by atomic mass is 35.5. The standard InChI is InChI=1S/C15H16ClN5O4.C2H4O/c1-24-2-3-25-8-20-13-4-10(16)11(17)5-12(13)19-15(20)21-7-9(6-18-21)14(22)23;1-2-3/h4-7H,2-3,8,17H2,1H3,(H,22,23);2H,1H3. The lowest BCUT2D eigenvalue weighted by Gasteiger charge is -2.10. The molecule has 11 heteroatoms. The van der Waals surface area contributed by atoms with Crippen LogP contribution in [0, 0.1) is 0 Å². The molecule has 0 aliphatic carbocycles. The summed E-state index contributed by atoms with van der Waals surface area (Å²) in [5, 5.41) is 13.5. The highest BCUT2D eigenvalue weighted by Gasteiger charge is 2.17. The van der Waals surface area contributed by atoms with Crippen molar-refractivity contribution in [2.45, 2.75) is 13.7 Å². The monoisotopic (exact) mass is 409 g/mol. The lowest BCUT2D eigenvalue weighted by Crippen LogP contribution is -2.12. The fourth-order valence-corrected chi connectivity index (χ4v) is 2.45. The van der Waals surface area contributed by atoms with Crippen LogP contribution < -0.4 is 5.73 Å². The maximum absolute atomic E-state index is 11.1. The van der Waals surface area contributed by atoms with Crippen molar-refractivity contribution in [3.63, 3.8) is 0 Å². The zero-order valence-electron chi connectivity index (χ0n) is 15.3. The fraction of sp³-hybridized carbons (Fsp3) is 0.294. The van der Waals surface area contributed by atoms with Crippen LogP contribution in [0.15, 0.2) is 24.5 Å². The summed E-state index contributed by atoms with van der Waals surface area (Å²) in [6, 6.07) is 3.33. The van der Waals surface area contributed by atoms with Gasteiger partial charge in [0.25, 0.3) is 0 Å². The van der Waals surface area contributed by atoms with E-state index in [9.17, 15) is 4.79 Å². The molecule has 3 aromatic rings. The van der Waals surface area contributed by atoms with Gasteiger partial charge in [-0.3, -0.25) is 4.57 Å². The lowest BCUT2D eigenvalue weighted by molar-refractivity contribution is -0.106. The number of halogens is 1. The van der Waals surface area contributed by atoms with Crippen molar-refractivity contribution in [3.05, 3.63) is 35.1 Å². The molecular weight excluding hydrogens is 390 g/mol. The Hall–Kier alpha value is -2.95. The molecule has 2 aromatic heterocycles. The van der Waals surface area contributed by atoms with Crippen LogP contribution in [-0.2, 0) is 21.0 Å². The molecule has 0 bridgehead atoms. The van der Waals surface area contributed by atoms with Crippen molar-refractivity contribution < 1.29 is 24.2 Å². The minimum atomic E-state index is -1.07. The van der Waals surface area contributed by atoms with Crippen LogP contribution in [0.25, 0.3) is 17.0 Å². The number of rotatable bonds is 7. The van der Waals surface area contributed by atoms with Gasteiger partial charge < -0.3 is 25.1 Å². The number of carbonyl (C=O) groups is 2. The molecule has 0 fully saturated rings. The van der Waals surface area contributed by atoms with Crippen LogP contribution in [-0.4, -0.2) is 57.0 Å². The number of nitrogens with zero attached hydrogens (tertiary/aromatic N) is 4. The van der Waals surface area contributed by atoms with E-state index in [0.717, 1.165) is 6.29 Å². The number of aromatic carboxylic acids is 1. The van der Waals surface area contributed by atoms with Gasteiger partial charge in [0.1, 0.15) is 13.0 Å². The molecule has 0 spiro atoms. The highest BCUT2D eigenvalue weighted by molar-refractivity contribution is 6.33. The Bertz CT molecular complexity index is 968. The van der Waals surface area contributed by atoms with Crippen molar-refractivity contribution in [3.8, 4) is 5.95 Å². The Kier molecular flexibility index (Phi) is 7.50. The number of ether oxygens (including phenoxy) is 2. The summed E-state index contributed by atoms with van der Waals surface area (Å²) in [5.74, 6) is -0.681. The normalized spacial score (nSPS) is 10.5. The second-order valence-corrected chi connectivity index (χ2v) is 5.85. The number of carbonyl (C=O) groups excluding carboxylic acids is 1. The molecule has 0 unspecified atom stereocenters. The minimum absolute atomic E-state index is 0.0523. The number of imidazole rings is 1. The Morgan fingerprint density at radius 1 is 1.39 bits per heavy atom. The predicted octanol–water partition coefficient (Wildman–Crippen LogP) is 1.98. The van der Waals surface area contributed by atoms with Gasteiger partial charge in [0.2, 0.25) is 5.95 Å². The summed E-state index contributed by atoms with van der Waals surface area (Å²) in [4.78, 5) is 24.4. The number of benzene rings is 1. The predicted molar refractivity (Wildman–Crippen MR) is 103 cm³/mol. The number of hydrogen-bond acceptors (Lipinski definition) is 7. The molecule has 3 N–H and O–H groups in total. The first-order valence-corrected chi connectivity index (χ1v) is 8.50. The first-order chi connectivity index (χ1) is 13.4. The molecule has 150 valence electrons. The van der Waals surface area contributed by atoms with Gasteiger partial charge >= 0.3 is 5.97 Å². The van der Waals surface area contributed by atoms with Crippen molar-refractivity contribution in [1.29, 1.82) is 0 Å². The van der Waals surface area contributed by atoms with E-state index in [0.29, 0.717) is 40.9 Å². The maximum atomic E-state index is 11.1. The molecule has 0 saturated heterocycles. The van der Waals surface area contributed by atoms with Gasteiger partial charge in [-0.15, -0.1) is 0 Å². The van der Waals surface area contributed by atoms with Gasteiger partial charge in [0.15, 0.2) is 0 Å². The molecular formula is C17H20ClN5O5. The van der Waals surface area contributed by atoms with E-state index < -0.39 is 5.97 Å². The Morgan fingerprint density at radius 2 is 2.11 bits per heavy atom. The van der Waals surface area contributed by atoms with Crippen LogP contribution >= 0.6 is 11.6 Å². The quantitative estimate of drug-likeness (QED) is 0.343. The zero-order chi connectivity index (χ0) is 20.7. The summed E-state index contributed by atoms with van der Waals surface area (Å²) in [6.45, 7) is 2.44. The number of nitrogen functional groups attached to an aromatic ring is 1. The topological polar surface area (TPSA) is 134 Å². The molecule has 1 aromatic carbocycles. The SMILES string of the molecule is CC=O.COCCOCn1c(-n2cc(C(=O)O)cn2)nc2cc(N)c(Cl)cc21. The molecule has 28 heavy (non-hydrogen) atoms. The van der Waals surface area contributed by atoms with E-state index in [1.54, 1.807) is 23.8 Å². The van der Waals surface area contributed by atoms with E-state index in [1.165, 1.54) is 24.0 Å². The average molecular weight is 410 g/mol. The van der Waals surface area contributed by atoms with Crippen molar-refractivity contribution in [2.24, 2.45) is 0 Å². The molecule has 10 nitrogen and oxygen atoms in total. The second-order valence-electron chi connectivity index (χ2n) is 5.45. The van der Waals surface area contributed by atoms with E-state index in [4.69, 9.17) is 36.7 Å². The van der Waals surface area contributed by atoms with Gasteiger partial charge in [0.05, 0.1) is 46.7 Å². The maximum Gasteiger partial charge on any atom is 0.338 e. The summed E-state index contributed by atoms with van der Waals surface area (Å²) in [6.07, 6.45) is 3.37. The van der Waals surface area contributed by atoms with Crippen LogP contribution in [0.2, 0.25) is 5.02 Å². The summed E-state index contributed by atoms with van der Waals surface area (Å²) in [5.41, 5.74) is 7.58. The van der Waals surface area contributed by atoms with E-state index in [2.05, 4.69) is 10.1 Å². The molecule has 0 saturated carbocycles. The second kappa shape index (κ2) is 9.83. The third-order valence-corrected chi connectivity index (χ3v) is 3.86. The molecule has 0 aliphatic rings. The molecule has 0 atom stereocenters. The van der Waals surface area contributed by atoms with Crippen LogP contribution in [0.1, 0.15) is 17.3 Å². The number of aromatic nitrogens is 4.